The second-order valence-electron chi connectivity index (χ2n) is 7.19. The number of fused-ring (bicyclic) bond motifs is 2. The summed E-state index contributed by atoms with van der Waals surface area (Å²) < 4.78 is 39.8. The van der Waals surface area contributed by atoms with E-state index in [-0.39, 0.29) is 29.9 Å². The number of ether oxygens (including phenoxy) is 2. The second-order valence-corrected chi connectivity index (χ2v) is 7.19. The number of aromatic nitrogens is 1. The van der Waals surface area contributed by atoms with Crippen LogP contribution < -0.4 is 14.9 Å². The molecule has 7 heteroatoms. The Labute approximate surface area is 175 Å². The van der Waals surface area contributed by atoms with Gasteiger partial charge in [-0.2, -0.15) is 0 Å². The molecule has 1 aromatic heterocycles. The predicted octanol–water partition coefficient (Wildman–Crippen LogP) is 4.29. The van der Waals surface area contributed by atoms with Gasteiger partial charge in [0.2, 0.25) is 12.2 Å². The van der Waals surface area contributed by atoms with Crippen molar-refractivity contribution >= 4 is 16.7 Å². The molecule has 4 aromatic rings. The largest absolute Gasteiger partial charge is 0.454 e. The van der Waals surface area contributed by atoms with Gasteiger partial charge in [0.05, 0.1) is 11.1 Å². The molecule has 3 aromatic carbocycles. The zero-order valence-corrected chi connectivity index (χ0v) is 16.1. The lowest BCUT2D eigenvalue weighted by Gasteiger charge is -2.14. The Morgan fingerprint density at radius 2 is 1.74 bits per heavy atom. The molecule has 31 heavy (non-hydrogen) atoms. The summed E-state index contributed by atoms with van der Waals surface area (Å²) in [5.74, 6) is -0.582. The van der Waals surface area contributed by atoms with Crippen molar-refractivity contribution in [1.82, 2.24) is 4.57 Å². The predicted molar refractivity (Wildman–Crippen MR) is 110 cm³/mol. The zero-order valence-electron chi connectivity index (χ0n) is 16.1. The molecule has 0 amide bonds. The number of hydrogen-bond donors (Lipinski definition) is 0. The molecule has 0 aliphatic carbocycles. The number of rotatable bonds is 4. The molecule has 0 fully saturated rings. The van der Waals surface area contributed by atoms with E-state index in [4.69, 9.17) is 9.47 Å². The molecule has 0 saturated carbocycles. The average Bonchev–Trinajstić information content (AvgIpc) is 3.23. The maximum atomic E-state index is 13.9. The van der Waals surface area contributed by atoms with Crippen LogP contribution in [0.15, 0.2) is 71.7 Å². The highest BCUT2D eigenvalue weighted by Gasteiger charge is 2.21. The lowest BCUT2D eigenvalue weighted by atomic mass is 10.0. The molecule has 2 heterocycles. The van der Waals surface area contributed by atoms with E-state index >= 15 is 0 Å². The smallest absolute Gasteiger partial charge is 0.231 e. The number of nitrogens with zero attached hydrogens (tertiary/aromatic N) is 1. The number of carbonyl (C=O) groups excluding carboxylic acids is 1. The van der Waals surface area contributed by atoms with Gasteiger partial charge >= 0.3 is 0 Å². The van der Waals surface area contributed by atoms with Crippen molar-refractivity contribution in [1.29, 1.82) is 0 Å². The zero-order chi connectivity index (χ0) is 21.5. The number of halogens is 2. The third-order valence-electron chi connectivity index (χ3n) is 5.16. The van der Waals surface area contributed by atoms with Gasteiger partial charge in [-0.05, 0) is 54.1 Å². The van der Waals surface area contributed by atoms with Gasteiger partial charge in [0, 0.05) is 23.7 Å². The van der Waals surface area contributed by atoms with Crippen LogP contribution in [0.25, 0.3) is 10.9 Å². The number of pyridine rings is 1. The summed E-state index contributed by atoms with van der Waals surface area (Å²) >= 11 is 0. The minimum atomic E-state index is -0.588. The Morgan fingerprint density at radius 1 is 0.935 bits per heavy atom. The molecule has 1 aliphatic heterocycles. The van der Waals surface area contributed by atoms with E-state index in [0.717, 1.165) is 6.07 Å². The highest BCUT2D eigenvalue weighted by atomic mass is 19.1. The van der Waals surface area contributed by atoms with Gasteiger partial charge in [-0.15, -0.1) is 0 Å². The van der Waals surface area contributed by atoms with Gasteiger partial charge in [0.1, 0.15) is 11.6 Å². The maximum absolute atomic E-state index is 13.9. The molecule has 5 rings (SSSR count). The first-order valence-corrected chi connectivity index (χ1v) is 9.51. The average molecular weight is 419 g/mol. The first-order valence-electron chi connectivity index (χ1n) is 9.51. The van der Waals surface area contributed by atoms with E-state index in [1.165, 1.54) is 36.5 Å². The maximum Gasteiger partial charge on any atom is 0.231 e. The summed E-state index contributed by atoms with van der Waals surface area (Å²) in [5.41, 5.74) is 0.629. The summed E-state index contributed by atoms with van der Waals surface area (Å²) in [6, 6.07) is 14.5. The fourth-order valence-electron chi connectivity index (χ4n) is 3.69. The van der Waals surface area contributed by atoms with Gasteiger partial charge in [-0.1, -0.05) is 12.1 Å². The molecule has 0 bridgehead atoms. The molecular weight excluding hydrogens is 404 g/mol. The van der Waals surface area contributed by atoms with Crippen LogP contribution in [-0.2, 0) is 6.54 Å². The van der Waals surface area contributed by atoms with Crippen molar-refractivity contribution in [3.05, 3.63) is 105 Å². The topological polar surface area (TPSA) is 57.5 Å². The minimum absolute atomic E-state index is 0.0582. The molecule has 0 radical (unpaired) electrons. The lowest BCUT2D eigenvalue weighted by Crippen LogP contribution is -2.20. The number of carbonyl (C=O) groups is 1. The highest BCUT2D eigenvalue weighted by molar-refractivity contribution is 6.10. The summed E-state index contributed by atoms with van der Waals surface area (Å²) in [7, 11) is 0. The van der Waals surface area contributed by atoms with Crippen molar-refractivity contribution < 1.29 is 23.0 Å². The van der Waals surface area contributed by atoms with Crippen LogP contribution in [0.2, 0.25) is 0 Å². The number of hydrogen-bond acceptors (Lipinski definition) is 4. The van der Waals surface area contributed by atoms with Crippen LogP contribution in [0, 0.1) is 11.6 Å². The van der Waals surface area contributed by atoms with E-state index in [2.05, 4.69) is 0 Å². The normalized spacial score (nSPS) is 12.3. The molecule has 1 aliphatic rings. The summed E-state index contributed by atoms with van der Waals surface area (Å²) in [4.78, 5) is 26.3. The molecule has 0 atom stereocenters. The molecule has 0 spiro atoms. The fourth-order valence-corrected chi connectivity index (χ4v) is 3.69. The summed E-state index contributed by atoms with van der Waals surface area (Å²) in [6.07, 6.45) is 1.43. The van der Waals surface area contributed by atoms with Crippen molar-refractivity contribution in [3.63, 3.8) is 0 Å². The van der Waals surface area contributed by atoms with Gasteiger partial charge in [0.25, 0.3) is 0 Å². The molecule has 154 valence electrons. The first kappa shape index (κ1) is 19.0. The van der Waals surface area contributed by atoms with Crippen LogP contribution in [0.5, 0.6) is 11.5 Å². The third kappa shape index (κ3) is 3.44. The molecule has 0 N–H and O–H groups in total. The Hall–Kier alpha value is -4.00. The lowest BCUT2D eigenvalue weighted by molar-refractivity contribution is 0.103. The third-order valence-corrected chi connectivity index (χ3v) is 5.16. The van der Waals surface area contributed by atoms with Crippen molar-refractivity contribution in [2.75, 3.05) is 6.79 Å². The molecule has 0 unspecified atom stereocenters. The van der Waals surface area contributed by atoms with E-state index in [1.807, 2.05) is 0 Å². The Bertz CT molecular complexity index is 1410. The Kier molecular flexibility index (Phi) is 4.51. The van der Waals surface area contributed by atoms with Crippen LogP contribution in [0.1, 0.15) is 21.5 Å². The molecular formula is C24H15F2NO4. The van der Waals surface area contributed by atoms with E-state index < -0.39 is 22.8 Å². The van der Waals surface area contributed by atoms with Gasteiger partial charge in [-0.3, -0.25) is 9.59 Å². The van der Waals surface area contributed by atoms with Crippen LogP contribution >= 0.6 is 0 Å². The van der Waals surface area contributed by atoms with Crippen LogP contribution in [0.4, 0.5) is 8.78 Å². The quantitative estimate of drug-likeness (QED) is 0.463. The van der Waals surface area contributed by atoms with Gasteiger partial charge < -0.3 is 14.0 Å². The SMILES string of the molecule is O=C(c1ccc2c(c1)OCO2)c1cn(Cc2cccc(F)c2)c2ccc(F)cc2c1=O. The standard InChI is InChI=1S/C24H15F2NO4/c25-16-3-1-2-14(8-16)11-27-12-19(24(29)18-10-17(26)5-6-20(18)27)23(28)15-4-7-21-22(9-15)31-13-30-21/h1-10,12H,11,13H2. The summed E-state index contributed by atoms with van der Waals surface area (Å²) in [5, 5.41) is 0.0722. The van der Waals surface area contributed by atoms with Gasteiger partial charge in [-0.25, -0.2) is 8.78 Å². The number of benzene rings is 3. The van der Waals surface area contributed by atoms with Crippen molar-refractivity contribution in [3.8, 4) is 11.5 Å². The Balaban J connectivity index is 1.66. The molecule has 5 nitrogen and oxygen atoms in total. The van der Waals surface area contributed by atoms with E-state index in [1.54, 1.807) is 28.8 Å². The highest BCUT2D eigenvalue weighted by Crippen LogP contribution is 2.33. The Morgan fingerprint density at radius 3 is 2.58 bits per heavy atom. The first-order chi connectivity index (χ1) is 15.0. The monoisotopic (exact) mass is 419 g/mol. The van der Waals surface area contributed by atoms with Crippen molar-refractivity contribution in [2.24, 2.45) is 0 Å². The van der Waals surface area contributed by atoms with Gasteiger partial charge in [0.15, 0.2) is 17.3 Å². The van der Waals surface area contributed by atoms with E-state index in [9.17, 15) is 18.4 Å². The van der Waals surface area contributed by atoms with E-state index in [0.29, 0.717) is 22.6 Å². The number of ketones is 1. The summed E-state index contributed by atoms with van der Waals surface area (Å²) in [6.45, 7) is 0.254. The molecule has 0 saturated heterocycles. The minimum Gasteiger partial charge on any atom is -0.454 e. The second kappa shape index (κ2) is 7.36. The van der Waals surface area contributed by atoms with Crippen molar-refractivity contribution in [2.45, 2.75) is 6.54 Å². The van der Waals surface area contributed by atoms with Crippen LogP contribution in [-0.4, -0.2) is 17.1 Å². The fraction of sp³-hybridized carbons (Fsp3) is 0.0833. The van der Waals surface area contributed by atoms with Crippen LogP contribution in [0.3, 0.4) is 0 Å².